The Morgan fingerprint density at radius 1 is 1.12 bits per heavy atom. The number of piperidine rings is 1. The number of fused-ring (bicyclic) bond motifs is 1. The first-order valence-corrected chi connectivity index (χ1v) is 12.0. The summed E-state index contributed by atoms with van der Waals surface area (Å²) in [6.07, 6.45) is 6.31. The molecular weight excluding hydrogens is 527 g/mol. The van der Waals surface area contributed by atoms with E-state index < -0.39 is 12.0 Å². The van der Waals surface area contributed by atoms with Gasteiger partial charge in [0.05, 0.1) is 17.4 Å². The highest BCUT2D eigenvalue weighted by molar-refractivity contribution is 14.1. The maximum Gasteiger partial charge on any atom is 0.272 e. The minimum absolute atomic E-state index is 0.231. The van der Waals surface area contributed by atoms with Crippen molar-refractivity contribution in [1.82, 2.24) is 14.8 Å². The second-order valence-corrected chi connectivity index (χ2v) is 10.5. The van der Waals surface area contributed by atoms with Crippen LogP contribution in [0.2, 0.25) is 0 Å². The molecule has 6 rings (SSSR count). The summed E-state index contributed by atoms with van der Waals surface area (Å²) >= 11 is 2.27. The lowest BCUT2D eigenvalue weighted by atomic mass is 9.93. The van der Waals surface area contributed by atoms with Gasteiger partial charge in [-0.25, -0.2) is 18.4 Å². The summed E-state index contributed by atoms with van der Waals surface area (Å²) < 4.78 is 29.5. The maximum atomic E-state index is 13.6. The molecule has 0 bridgehead atoms. The van der Waals surface area contributed by atoms with Crippen LogP contribution in [-0.4, -0.2) is 39.7 Å². The van der Waals surface area contributed by atoms with Gasteiger partial charge >= 0.3 is 0 Å². The Morgan fingerprint density at radius 2 is 1.88 bits per heavy atom. The number of hydrogen-bond donors (Lipinski definition) is 1. The van der Waals surface area contributed by atoms with E-state index in [4.69, 9.17) is 0 Å². The van der Waals surface area contributed by atoms with Gasteiger partial charge in [0.25, 0.3) is 11.8 Å². The number of pyridine rings is 1. The molecule has 3 aliphatic rings. The highest BCUT2D eigenvalue weighted by Crippen LogP contribution is 2.54. The number of aromatic nitrogens is 3. The summed E-state index contributed by atoms with van der Waals surface area (Å²) in [6, 6.07) is 8.29. The van der Waals surface area contributed by atoms with Crippen molar-refractivity contribution < 1.29 is 13.6 Å². The van der Waals surface area contributed by atoms with E-state index in [1.807, 2.05) is 12.1 Å². The zero-order valence-electron chi connectivity index (χ0n) is 17.3. The molecule has 1 amide bonds. The van der Waals surface area contributed by atoms with Crippen molar-refractivity contribution in [1.29, 1.82) is 0 Å². The van der Waals surface area contributed by atoms with Crippen LogP contribution in [0.5, 0.6) is 0 Å². The van der Waals surface area contributed by atoms with Crippen molar-refractivity contribution >= 4 is 51.0 Å². The highest BCUT2D eigenvalue weighted by atomic mass is 127. The van der Waals surface area contributed by atoms with Gasteiger partial charge < -0.3 is 10.2 Å². The maximum absolute atomic E-state index is 13.6. The Hall–Kier alpha value is -2.30. The van der Waals surface area contributed by atoms with Crippen LogP contribution in [0.4, 0.5) is 20.3 Å². The first-order valence-electron chi connectivity index (χ1n) is 10.9. The Kier molecular flexibility index (Phi) is 4.51. The van der Waals surface area contributed by atoms with E-state index in [-0.39, 0.29) is 12.3 Å². The number of benzene rings is 1. The lowest BCUT2D eigenvalue weighted by Crippen LogP contribution is -2.35. The fraction of sp³-hybridized carbons (Fsp3) is 0.435. The molecule has 0 radical (unpaired) electrons. The van der Waals surface area contributed by atoms with Gasteiger partial charge in [-0.15, -0.1) is 0 Å². The van der Waals surface area contributed by atoms with Gasteiger partial charge in [-0.05, 0) is 84.0 Å². The number of amides is 1. The summed E-state index contributed by atoms with van der Waals surface area (Å²) in [5.41, 5.74) is 2.45. The Balaban J connectivity index is 1.26. The molecule has 1 aliphatic heterocycles. The molecule has 6 nitrogen and oxygen atoms in total. The van der Waals surface area contributed by atoms with Crippen LogP contribution in [-0.2, 0) is 0 Å². The molecule has 1 N–H and O–H groups in total. The molecule has 166 valence electrons. The standard InChI is InChI=1S/C23H22F2IN5O/c24-23(25)12-18(23)31-20-14(13-27-31)1-4-19(28-20)29-21(32)16-3-2-15(26)11-17(16)30-9-7-22(5-6-22)8-10-30/h1-4,11,13,18H,5-10,12H2,(H,28,29,32)/t18-/m1/s1. The number of nitrogens with zero attached hydrogens (tertiary/aromatic N) is 4. The normalized spacial score (nSPS) is 22.8. The number of hydrogen-bond acceptors (Lipinski definition) is 4. The molecule has 1 saturated heterocycles. The number of alkyl halides is 2. The van der Waals surface area contributed by atoms with Crippen LogP contribution in [0.25, 0.3) is 11.0 Å². The molecule has 3 fully saturated rings. The molecule has 9 heteroatoms. The van der Waals surface area contributed by atoms with Gasteiger partial charge in [0, 0.05) is 28.5 Å². The van der Waals surface area contributed by atoms with E-state index >= 15 is 0 Å². The second kappa shape index (κ2) is 7.10. The predicted molar refractivity (Wildman–Crippen MR) is 126 cm³/mol. The van der Waals surface area contributed by atoms with Crippen molar-refractivity contribution in [3.63, 3.8) is 0 Å². The average Bonchev–Trinajstić information content (AvgIpc) is 3.62. The third-order valence-electron chi connectivity index (χ3n) is 7.10. The zero-order valence-corrected chi connectivity index (χ0v) is 19.5. The van der Waals surface area contributed by atoms with Crippen molar-refractivity contribution in [2.24, 2.45) is 5.41 Å². The van der Waals surface area contributed by atoms with E-state index in [2.05, 4.69) is 49.0 Å². The first-order chi connectivity index (χ1) is 15.3. The molecule has 3 aromatic rings. The highest BCUT2D eigenvalue weighted by Gasteiger charge is 2.59. The fourth-order valence-corrected chi connectivity index (χ4v) is 5.20. The van der Waals surface area contributed by atoms with Crippen molar-refractivity contribution in [3.05, 3.63) is 45.7 Å². The molecule has 1 atom stereocenters. The summed E-state index contributed by atoms with van der Waals surface area (Å²) in [6.45, 7) is 1.92. The van der Waals surface area contributed by atoms with Crippen molar-refractivity contribution in [2.75, 3.05) is 23.3 Å². The van der Waals surface area contributed by atoms with E-state index in [1.165, 1.54) is 36.6 Å². The third-order valence-corrected chi connectivity index (χ3v) is 7.77. The largest absolute Gasteiger partial charge is 0.371 e. The van der Waals surface area contributed by atoms with Crippen molar-refractivity contribution in [3.8, 4) is 0 Å². The monoisotopic (exact) mass is 549 g/mol. The van der Waals surface area contributed by atoms with E-state index in [0.717, 1.165) is 22.3 Å². The Labute approximate surface area is 197 Å². The molecular formula is C23H22F2IN5O. The molecule has 2 aliphatic carbocycles. The van der Waals surface area contributed by atoms with Gasteiger partial charge in [-0.1, -0.05) is 0 Å². The zero-order chi connectivity index (χ0) is 22.1. The minimum Gasteiger partial charge on any atom is -0.371 e. The van der Waals surface area contributed by atoms with Crippen LogP contribution in [0.15, 0.2) is 36.5 Å². The summed E-state index contributed by atoms with van der Waals surface area (Å²) in [5, 5.41) is 7.62. The lowest BCUT2D eigenvalue weighted by molar-refractivity contribution is 0.0988. The summed E-state index contributed by atoms with van der Waals surface area (Å²) in [5.74, 6) is -2.67. The van der Waals surface area contributed by atoms with Crippen LogP contribution in [0.1, 0.15) is 48.5 Å². The number of halogens is 3. The SMILES string of the molecule is O=C(Nc1ccc2cnn([C@@H]3CC3(F)F)c2n1)c1ccc(I)cc1N1CCC2(CC1)CC2. The fourth-order valence-electron chi connectivity index (χ4n) is 4.73. The van der Waals surface area contributed by atoms with Gasteiger partial charge in [0.2, 0.25) is 0 Å². The van der Waals surface area contributed by atoms with Gasteiger partial charge in [-0.3, -0.25) is 4.79 Å². The van der Waals surface area contributed by atoms with Crippen LogP contribution >= 0.6 is 22.6 Å². The molecule has 2 saturated carbocycles. The van der Waals surface area contributed by atoms with Gasteiger partial charge in [-0.2, -0.15) is 5.10 Å². The smallest absolute Gasteiger partial charge is 0.272 e. The topological polar surface area (TPSA) is 63.1 Å². The van der Waals surface area contributed by atoms with Crippen molar-refractivity contribution in [2.45, 2.75) is 44.1 Å². The number of rotatable bonds is 4. The Bertz CT molecular complexity index is 1230. The minimum atomic E-state index is -2.75. The van der Waals surface area contributed by atoms with E-state index in [0.29, 0.717) is 27.8 Å². The van der Waals surface area contributed by atoms with Crippen LogP contribution in [0.3, 0.4) is 0 Å². The molecule has 32 heavy (non-hydrogen) atoms. The third kappa shape index (κ3) is 3.54. The first kappa shape index (κ1) is 20.3. The lowest BCUT2D eigenvalue weighted by Gasteiger charge is -2.35. The molecule has 2 aromatic heterocycles. The number of nitrogens with one attached hydrogen (secondary N) is 1. The summed E-state index contributed by atoms with van der Waals surface area (Å²) in [4.78, 5) is 20.0. The average molecular weight is 549 g/mol. The molecule has 1 spiro atoms. The quantitative estimate of drug-likeness (QED) is 0.452. The van der Waals surface area contributed by atoms with E-state index in [9.17, 15) is 13.6 Å². The Morgan fingerprint density at radius 3 is 2.56 bits per heavy atom. The van der Waals surface area contributed by atoms with Gasteiger partial charge in [0.1, 0.15) is 11.9 Å². The number of anilines is 2. The molecule has 3 heterocycles. The summed E-state index contributed by atoms with van der Waals surface area (Å²) in [7, 11) is 0. The second-order valence-electron chi connectivity index (χ2n) is 9.28. The van der Waals surface area contributed by atoms with Crippen LogP contribution in [0, 0.1) is 8.99 Å². The number of carbonyl (C=O) groups excluding carboxylic acids is 1. The van der Waals surface area contributed by atoms with E-state index in [1.54, 1.807) is 12.1 Å². The molecule has 1 aromatic carbocycles. The molecule has 0 unspecified atom stereocenters. The van der Waals surface area contributed by atoms with Gasteiger partial charge in [0.15, 0.2) is 5.65 Å². The number of carbonyl (C=O) groups is 1. The predicted octanol–water partition coefficient (Wildman–Crippen LogP) is 5.25. The van der Waals surface area contributed by atoms with Crippen LogP contribution < -0.4 is 10.2 Å².